The maximum absolute atomic E-state index is 6.40. The lowest BCUT2D eigenvalue weighted by Crippen LogP contribution is -2.30. The minimum absolute atomic E-state index is 0.667. The summed E-state index contributed by atoms with van der Waals surface area (Å²) >= 11 is 0. The average Bonchev–Trinajstić information content (AvgIpc) is 2.54. The van der Waals surface area contributed by atoms with Crippen molar-refractivity contribution in [2.24, 2.45) is 0 Å². The van der Waals surface area contributed by atoms with E-state index >= 15 is 0 Å². The molecule has 2 aliphatic rings. The van der Waals surface area contributed by atoms with Gasteiger partial charge in [0.15, 0.2) is 0 Å². The van der Waals surface area contributed by atoms with Crippen molar-refractivity contribution in [2.75, 3.05) is 18.0 Å². The first-order valence-corrected chi connectivity index (χ1v) is 8.94. The molecule has 120 valence electrons. The third kappa shape index (κ3) is 2.32. The van der Waals surface area contributed by atoms with Gasteiger partial charge in [0.05, 0.1) is 5.69 Å². The average molecular weight is 307 g/mol. The largest absolute Gasteiger partial charge is 0.486 e. The standard InChI is InChI=1S/C21H25NO/c1-3-22(4-2)20-18-12-10-16(18)17-11-13-19(17)21(20)23-14-15-8-6-5-7-9-15/h5-9H,3-4,10-14H2,1-2H3. The molecular formula is C21H25NO. The van der Waals surface area contributed by atoms with Crippen LogP contribution in [0.1, 0.15) is 41.7 Å². The summed E-state index contributed by atoms with van der Waals surface area (Å²) in [5, 5.41) is 0. The van der Waals surface area contributed by atoms with Crippen molar-refractivity contribution in [3.05, 3.63) is 58.1 Å². The van der Waals surface area contributed by atoms with Crippen LogP contribution in [0.4, 0.5) is 5.69 Å². The van der Waals surface area contributed by atoms with Crippen LogP contribution in [0.5, 0.6) is 5.75 Å². The predicted molar refractivity (Wildman–Crippen MR) is 95.6 cm³/mol. The second-order valence-corrected chi connectivity index (χ2v) is 6.54. The Kier molecular flexibility index (Phi) is 3.76. The molecule has 0 N–H and O–H groups in total. The van der Waals surface area contributed by atoms with Crippen LogP contribution in [0.25, 0.3) is 0 Å². The Morgan fingerprint density at radius 1 is 0.826 bits per heavy atom. The number of hydrogen-bond donors (Lipinski definition) is 0. The van der Waals surface area contributed by atoms with Gasteiger partial charge in [0.25, 0.3) is 0 Å². The quantitative estimate of drug-likeness (QED) is 0.788. The van der Waals surface area contributed by atoms with Gasteiger partial charge in [0.1, 0.15) is 12.4 Å². The third-order valence-electron chi connectivity index (χ3n) is 5.42. The Morgan fingerprint density at radius 3 is 2.00 bits per heavy atom. The second-order valence-electron chi connectivity index (χ2n) is 6.54. The van der Waals surface area contributed by atoms with Crippen LogP contribution in [-0.2, 0) is 32.3 Å². The summed E-state index contributed by atoms with van der Waals surface area (Å²) in [6, 6.07) is 10.5. The van der Waals surface area contributed by atoms with Gasteiger partial charge in [-0.15, -0.1) is 0 Å². The van der Waals surface area contributed by atoms with Crippen molar-refractivity contribution in [1.29, 1.82) is 0 Å². The molecule has 0 atom stereocenters. The first-order valence-electron chi connectivity index (χ1n) is 8.94. The molecular weight excluding hydrogens is 282 g/mol. The number of hydrogen-bond acceptors (Lipinski definition) is 2. The zero-order valence-electron chi connectivity index (χ0n) is 14.2. The van der Waals surface area contributed by atoms with Gasteiger partial charge < -0.3 is 9.64 Å². The molecule has 0 aromatic heterocycles. The van der Waals surface area contributed by atoms with Crippen molar-refractivity contribution in [3.8, 4) is 5.75 Å². The van der Waals surface area contributed by atoms with Crippen LogP contribution in [0, 0.1) is 0 Å². The third-order valence-corrected chi connectivity index (χ3v) is 5.42. The Balaban J connectivity index is 1.73. The summed E-state index contributed by atoms with van der Waals surface area (Å²) in [4.78, 5) is 2.48. The summed E-state index contributed by atoms with van der Waals surface area (Å²) in [6.45, 7) is 7.25. The summed E-state index contributed by atoms with van der Waals surface area (Å²) in [6.07, 6.45) is 4.92. The summed E-state index contributed by atoms with van der Waals surface area (Å²) in [7, 11) is 0. The molecule has 0 spiro atoms. The highest BCUT2D eigenvalue weighted by atomic mass is 16.5. The number of nitrogens with zero attached hydrogens (tertiary/aromatic N) is 1. The van der Waals surface area contributed by atoms with Gasteiger partial charge in [0.2, 0.25) is 0 Å². The van der Waals surface area contributed by atoms with Gasteiger partial charge >= 0.3 is 0 Å². The highest BCUT2D eigenvalue weighted by Gasteiger charge is 2.34. The SMILES string of the molecule is CCN(CC)c1c2c(c3c(c1OCc1ccccc1)CC3)CC2. The van der Waals surface area contributed by atoms with Gasteiger partial charge in [-0.05, 0) is 61.8 Å². The molecule has 0 amide bonds. The molecule has 0 aliphatic heterocycles. The molecule has 2 nitrogen and oxygen atoms in total. The van der Waals surface area contributed by atoms with E-state index in [1.165, 1.54) is 48.2 Å². The number of rotatable bonds is 6. The van der Waals surface area contributed by atoms with E-state index in [1.54, 1.807) is 16.7 Å². The Bertz CT molecular complexity index is 717. The molecule has 0 saturated carbocycles. The first-order chi connectivity index (χ1) is 11.3. The van der Waals surface area contributed by atoms with E-state index in [9.17, 15) is 0 Å². The minimum atomic E-state index is 0.667. The lowest BCUT2D eigenvalue weighted by atomic mass is 9.73. The van der Waals surface area contributed by atoms with Crippen molar-refractivity contribution in [3.63, 3.8) is 0 Å². The Labute approximate surface area is 139 Å². The topological polar surface area (TPSA) is 12.5 Å². The number of anilines is 1. The van der Waals surface area contributed by atoms with Gasteiger partial charge in [-0.2, -0.15) is 0 Å². The predicted octanol–water partition coefficient (Wildman–Crippen LogP) is 4.31. The van der Waals surface area contributed by atoms with Crippen LogP contribution in [0.3, 0.4) is 0 Å². The zero-order chi connectivity index (χ0) is 15.8. The van der Waals surface area contributed by atoms with Gasteiger partial charge in [0, 0.05) is 18.7 Å². The molecule has 0 bridgehead atoms. The highest BCUT2D eigenvalue weighted by Crippen LogP contribution is 2.49. The van der Waals surface area contributed by atoms with Crippen LogP contribution < -0.4 is 9.64 Å². The minimum Gasteiger partial charge on any atom is -0.486 e. The van der Waals surface area contributed by atoms with Crippen LogP contribution in [0.2, 0.25) is 0 Å². The fourth-order valence-corrected chi connectivity index (χ4v) is 3.97. The van der Waals surface area contributed by atoms with E-state index in [2.05, 4.69) is 49.1 Å². The molecule has 23 heavy (non-hydrogen) atoms. The molecule has 2 aromatic rings. The van der Waals surface area contributed by atoms with Crippen molar-refractivity contribution >= 4 is 5.69 Å². The van der Waals surface area contributed by atoms with E-state index in [1.807, 2.05) is 0 Å². The van der Waals surface area contributed by atoms with E-state index < -0.39 is 0 Å². The van der Waals surface area contributed by atoms with Crippen LogP contribution in [-0.4, -0.2) is 13.1 Å². The van der Waals surface area contributed by atoms with Gasteiger partial charge in [-0.1, -0.05) is 30.3 Å². The van der Waals surface area contributed by atoms with E-state index in [0.717, 1.165) is 13.1 Å². The summed E-state index contributed by atoms with van der Waals surface area (Å²) in [5.41, 5.74) is 8.93. The lowest BCUT2D eigenvalue weighted by molar-refractivity contribution is 0.300. The highest BCUT2D eigenvalue weighted by molar-refractivity contribution is 5.76. The molecule has 0 radical (unpaired) electrons. The lowest BCUT2D eigenvalue weighted by Gasteiger charge is -2.39. The van der Waals surface area contributed by atoms with E-state index in [-0.39, 0.29) is 0 Å². The number of ether oxygens (including phenoxy) is 1. The van der Waals surface area contributed by atoms with Crippen molar-refractivity contribution in [2.45, 2.75) is 46.1 Å². The Hall–Kier alpha value is -1.96. The molecule has 0 unspecified atom stereocenters. The normalized spacial score (nSPS) is 14.3. The number of benzene rings is 2. The zero-order valence-corrected chi connectivity index (χ0v) is 14.2. The fourth-order valence-electron chi connectivity index (χ4n) is 3.97. The Morgan fingerprint density at radius 2 is 1.43 bits per heavy atom. The first kappa shape index (κ1) is 14.6. The molecule has 2 heteroatoms. The monoisotopic (exact) mass is 307 g/mol. The molecule has 0 saturated heterocycles. The maximum atomic E-state index is 6.40. The van der Waals surface area contributed by atoms with E-state index in [0.29, 0.717) is 6.61 Å². The summed E-state index contributed by atoms with van der Waals surface area (Å²) < 4.78 is 6.40. The molecule has 4 rings (SSSR count). The summed E-state index contributed by atoms with van der Waals surface area (Å²) in [5.74, 6) is 1.18. The fraction of sp³-hybridized carbons (Fsp3) is 0.429. The number of fused-ring (bicyclic) bond motifs is 3. The van der Waals surface area contributed by atoms with Gasteiger partial charge in [-0.25, -0.2) is 0 Å². The van der Waals surface area contributed by atoms with Crippen LogP contribution >= 0.6 is 0 Å². The molecule has 0 fully saturated rings. The molecule has 2 aliphatic carbocycles. The second kappa shape index (κ2) is 5.92. The smallest absolute Gasteiger partial charge is 0.146 e. The van der Waals surface area contributed by atoms with Crippen molar-refractivity contribution < 1.29 is 4.74 Å². The van der Waals surface area contributed by atoms with Crippen molar-refractivity contribution in [1.82, 2.24) is 0 Å². The maximum Gasteiger partial charge on any atom is 0.146 e. The molecule has 0 heterocycles. The van der Waals surface area contributed by atoms with E-state index in [4.69, 9.17) is 4.74 Å². The van der Waals surface area contributed by atoms with Crippen LogP contribution in [0.15, 0.2) is 30.3 Å². The molecule has 2 aromatic carbocycles. The van der Waals surface area contributed by atoms with Gasteiger partial charge in [-0.3, -0.25) is 0 Å².